The third-order valence-corrected chi connectivity index (χ3v) is 2.50. The zero-order valence-electron chi connectivity index (χ0n) is 9.22. The summed E-state index contributed by atoms with van der Waals surface area (Å²) in [5, 5.41) is 3.11. The first kappa shape index (κ1) is 12.1. The van der Waals surface area contributed by atoms with Crippen molar-refractivity contribution in [3.8, 4) is 0 Å². The Kier molecular flexibility index (Phi) is 3.29. The van der Waals surface area contributed by atoms with Crippen molar-refractivity contribution in [1.29, 1.82) is 0 Å². The lowest BCUT2D eigenvalue weighted by Crippen LogP contribution is -2.15. The molecule has 0 aliphatic rings. The third kappa shape index (κ3) is 2.49. The molecule has 0 saturated carbocycles. The molecule has 0 atom stereocenters. The molecule has 0 radical (unpaired) electrons. The number of aromatic nitrogens is 2. The summed E-state index contributed by atoms with van der Waals surface area (Å²) < 4.78 is 0. The number of nitrogens with one attached hydrogen (secondary N) is 1. The predicted octanol–water partition coefficient (Wildman–Crippen LogP) is 1.55. The summed E-state index contributed by atoms with van der Waals surface area (Å²) in [5.74, 6) is -0.130. The molecule has 0 fully saturated rings. The van der Waals surface area contributed by atoms with Crippen LogP contribution in [-0.4, -0.2) is 15.9 Å². The molecule has 0 aliphatic carbocycles. The number of amides is 1. The highest BCUT2D eigenvalue weighted by molar-refractivity contribution is 6.30. The lowest BCUT2D eigenvalue weighted by atomic mass is 10.2. The standard InChI is InChI=1S/C11H10ClN5O/c12-7-3-1-6(2-4-7)11(18)17-8-9(13)15-5-16-10(8)14/h1-5H,(H,17,18)(H4,13,14,15,16). The van der Waals surface area contributed by atoms with E-state index in [-0.39, 0.29) is 23.2 Å². The summed E-state index contributed by atoms with van der Waals surface area (Å²) in [6.45, 7) is 0. The van der Waals surface area contributed by atoms with Crippen LogP contribution in [0.15, 0.2) is 30.6 Å². The molecule has 92 valence electrons. The Labute approximate surface area is 108 Å². The second-order valence-electron chi connectivity index (χ2n) is 3.48. The molecule has 2 rings (SSSR count). The molecule has 0 spiro atoms. The average molecular weight is 264 g/mol. The van der Waals surface area contributed by atoms with Gasteiger partial charge in [0.1, 0.15) is 12.0 Å². The van der Waals surface area contributed by atoms with Crippen molar-refractivity contribution in [2.24, 2.45) is 0 Å². The van der Waals surface area contributed by atoms with Gasteiger partial charge in [0.05, 0.1) is 0 Å². The quantitative estimate of drug-likeness (QED) is 0.762. The summed E-state index contributed by atoms with van der Waals surface area (Å²) >= 11 is 5.74. The van der Waals surface area contributed by atoms with Gasteiger partial charge in [-0.25, -0.2) is 9.97 Å². The van der Waals surface area contributed by atoms with Crippen LogP contribution in [0.1, 0.15) is 10.4 Å². The van der Waals surface area contributed by atoms with Crippen LogP contribution in [0.25, 0.3) is 0 Å². The molecule has 1 amide bonds. The Morgan fingerprint density at radius 3 is 2.22 bits per heavy atom. The number of rotatable bonds is 2. The smallest absolute Gasteiger partial charge is 0.255 e. The molecule has 7 heteroatoms. The molecule has 5 N–H and O–H groups in total. The molecule has 2 aromatic rings. The van der Waals surface area contributed by atoms with Crippen molar-refractivity contribution in [1.82, 2.24) is 9.97 Å². The molecule has 0 saturated heterocycles. The molecule has 1 heterocycles. The summed E-state index contributed by atoms with van der Waals surface area (Å²) in [6, 6.07) is 6.41. The largest absolute Gasteiger partial charge is 0.382 e. The van der Waals surface area contributed by atoms with E-state index in [1.165, 1.54) is 6.33 Å². The maximum Gasteiger partial charge on any atom is 0.255 e. The maximum absolute atomic E-state index is 11.9. The summed E-state index contributed by atoms with van der Waals surface area (Å²) in [7, 11) is 0. The number of carbonyl (C=O) groups excluding carboxylic acids is 1. The number of hydrogen-bond acceptors (Lipinski definition) is 5. The molecule has 0 aliphatic heterocycles. The van der Waals surface area contributed by atoms with Gasteiger partial charge in [0.25, 0.3) is 5.91 Å². The first-order valence-electron chi connectivity index (χ1n) is 5.01. The Morgan fingerprint density at radius 2 is 1.67 bits per heavy atom. The van der Waals surface area contributed by atoms with E-state index in [4.69, 9.17) is 23.1 Å². The van der Waals surface area contributed by atoms with Crippen LogP contribution in [0, 0.1) is 0 Å². The number of carbonyl (C=O) groups is 1. The van der Waals surface area contributed by atoms with Crippen molar-refractivity contribution < 1.29 is 4.79 Å². The van der Waals surface area contributed by atoms with Crippen LogP contribution in [-0.2, 0) is 0 Å². The van der Waals surface area contributed by atoms with Gasteiger partial charge in [0.2, 0.25) is 0 Å². The number of anilines is 3. The molecule has 0 unspecified atom stereocenters. The van der Waals surface area contributed by atoms with Gasteiger partial charge in [0.15, 0.2) is 11.6 Å². The van der Waals surface area contributed by atoms with Crippen LogP contribution >= 0.6 is 11.6 Å². The second kappa shape index (κ2) is 4.89. The molecular formula is C11H10ClN5O. The van der Waals surface area contributed by atoms with Crippen LogP contribution < -0.4 is 16.8 Å². The highest BCUT2D eigenvalue weighted by Crippen LogP contribution is 2.21. The van der Waals surface area contributed by atoms with Gasteiger partial charge in [-0.15, -0.1) is 0 Å². The molecule has 1 aromatic heterocycles. The maximum atomic E-state index is 11.9. The predicted molar refractivity (Wildman–Crippen MR) is 70.3 cm³/mol. The normalized spacial score (nSPS) is 10.1. The molecule has 6 nitrogen and oxygen atoms in total. The lowest BCUT2D eigenvalue weighted by Gasteiger charge is -2.08. The molecular weight excluding hydrogens is 254 g/mol. The number of nitrogens with zero attached hydrogens (tertiary/aromatic N) is 2. The highest BCUT2D eigenvalue weighted by atomic mass is 35.5. The highest BCUT2D eigenvalue weighted by Gasteiger charge is 2.11. The first-order valence-corrected chi connectivity index (χ1v) is 5.38. The van der Waals surface area contributed by atoms with Crippen LogP contribution in [0.3, 0.4) is 0 Å². The SMILES string of the molecule is Nc1ncnc(N)c1NC(=O)c1ccc(Cl)cc1. The zero-order chi connectivity index (χ0) is 13.1. The van der Waals surface area contributed by atoms with Crippen LogP contribution in [0.4, 0.5) is 17.3 Å². The fourth-order valence-electron chi connectivity index (χ4n) is 1.33. The zero-order valence-corrected chi connectivity index (χ0v) is 9.98. The van der Waals surface area contributed by atoms with Gasteiger partial charge in [0, 0.05) is 10.6 Å². The Balaban J connectivity index is 2.24. The Hall–Kier alpha value is -2.34. The lowest BCUT2D eigenvalue weighted by molar-refractivity contribution is 0.102. The van der Waals surface area contributed by atoms with Crippen molar-refractivity contribution in [2.75, 3.05) is 16.8 Å². The van der Waals surface area contributed by atoms with Crippen LogP contribution in [0.5, 0.6) is 0 Å². The fraction of sp³-hybridized carbons (Fsp3) is 0. The van der Waals surface area contributed by atoms with E-state index in [0.29, 0.717) is 10.6 Å². The second-order valence-corrected chi connectivity index (χ2v) is 3.92. The molecule has 18 heavy (non-hydrogen) atoms. The van der Waals surface area contributed by atoms with Gasteiger partial charge in [-0.2, -0.15) is 0 Å². The van der Waals surface area contributed by atoms with Gasteiger partial charge in [-0.3, -0.25) is 4.79 Å². The van der Waals surface area contributed by atoms with E-state index in [9.17, 15) is 4.79 Å². The van der Waals surface area contributed by atoms with E-state index in [1.54, 1.807) is 24.3 Å². The first-order chi connectivity index (χ1) is 8.58. The van der Waals surface area contributed by atoms with Crippen LogP contribution in [0.2, 0.25) is 5.02 Å². The molecule has 0 bridgehead atoms. The van der Waals surface area contributed by atoms with Crippen molar-refractivity contribution in [3.63, 3.8) is 0 Å². The monoisotopic (exact) mass is 263 g/mol. The minimum atomic E-state index is -0.361. The van der Waals surface area contributed by atoms with E-state index >= 15 is 0 Å². The van der Waals surface area contributed by atoms with Gasteiger partial charge >= 0.3 is 0 Å². The minimum absolute atomic E-state index is 0.116. The number of nitrogens with two attached hydrogens (primary N) is 2. The molecule has 1 aromatic carbocycles. The van der Waals surface area contributed by atoms with Gasteiger partial charge in [-0.1, -0.05) is 11.6 Å². The van der Waals surface area contributed by atoms with Crippen molar-refractivity contribution >= 4 is 34.8 Å². The summed E-state index contributed by atoms with van der Waals surface area (Å²) in [6.07, 6.45) is 1.22. The minimum Gasteiger partial charge on any atom is -0.382 e. The van der Waals surface area contributed by atoms with Crippen molar-refractivity contribution in [2.45, 2.75) is 0 Å². The number of hydrogen-bond donors (Lipinski definition) is 3. The van der Waals surface area contributed by atoms with Gasteiger partial charge < -0.3 is 16.8 Å². The Morgan fingerprint density at radius 1 is 1.11 bits per heavy atom. The van der Waals surface area contributed by atoms with E-state index in [2.05, 4.69) is 15.3 Å². The fourth-order valence-corrected chi connectivity index (χ4v) is 1.45. The van der Waals surface area contributed by atoms with E-state index < -0.39 is 0 Å². The Bertz CT molecular complexity index is 564. The number of nitrogen functional groups attached to an aromatic ring is 2. The number of halogens is 1. The topological polar surface area (TPSA) is 107 Å². The van der Waals surface area contributed by atoms with Crippen molar-refractivity contribution in [3.05, 3.63) is 41.2 Å². The van der Waals surface area contributed by atoms with E-state index in [0.717, 1.165) is 0 Å². The third-order valence-electron chi connectivity index (χ3n) is 2.25. The van der Waals surface area contributed by atoms with Gasteiger partial charge in [-0.05, 0) is 24.3 Å². The average Bonchev–Trinajstić information content (AvgIpc) is 2.34. The summed E-state index contributed by atoms with van der Waals surface area (Å²) in [4.78, 5) is 19.4. The summed E-state index contributed by atoms with van der Waals surface area (Å²) in [5.41, 5.74) is 11.8. The van der Waals surface area contributed by atoms with E-state index in [1.807, 2.05) is 0 Å². The number of benzene rings is 1.